The Bertz CT molecular complexity index is 741. The molecule has 0 aliphatic carbocycles. The van der Waals surface area contributed by atoms with Gasteiger partial charge in [-0.05, 0) is 43.2 Å². The maximum Gasteiger partial charge on any atom is 0.307 e. The fraction of sp³-hybridized carbons (Fsp3) is 0.263. The van der Waals surface area contributed by atoms with E-state index in [4.69, 9.17) is 0 Å². The molecule has 5 nitrogen and oxygen atoms in total. The van der Waals surface area contributed by atoms with E-state index in [9.17, 15) is 9.59 Å². The Morgan fingerprint density at radius 3 is 2.46 bits per heavy atom. The van der Waals surface area contributed by atoms with Crippen molar-refractivity contribution in [2.24, 2.45) is 0 Å². The SMILES string of the molecule is COC(=O)CCNC(=O)c1ccccc1Nc1cccc(C)c1C. The first-order chi connectivity index (χ1) is 11.5. The molecule has 0 unspecified atom stereocenters. The van der Waals surface area contributed by atoms with Crippen molar-refractivity contribution in [3.8, 4) is 0 Å². The summed E-state index contributed by atoms with van der Waals surface area (Å²) in [6.07, 6.45) is 0.148. The van der Waals surface area contributed by atoms with Crippen LogP contribution >= 0.6 is 0 Å². The van der Waals surface area contributed by atoms with E-state index in [1.54, 1.807) is 6.07 Å². The van der Waals surface area contributed by atoms with Crippen LogP contribution in [-0.4, -0.2) is 25.5 Å². The number of methoxy groups -OCH3 is 1. The topological polar surface area (TPSA) is 67.4 Å². The lowest BCUT2D eigenvalue weighted by molar-refractivity contribution is -0.140. The van der Waals surface area contributed by atoms with Gasteiger partial charge >= 0.3 is 5.97 Å². The minimum Gasteiger partial charge on any atom is -0.469 e. The monoisotopic (exact) mass is 326 g/mol. The first kappa shape index (κ1) is 17.5. The number of hydrogen-bond donors (Lipinski definition) is 2. The van der Waals surface area contributed by atoms with Gasteiger partial charge in [0.25, 0.3) is 5.91 Å². The average molecular weight is 326 g/mol. The number of anilines is 2. The Labute approximate surface area is 142 Å². The second-order valence-corrected chi connectivity index (χ2v) is 5.50. The van der Waals surface area contributed by atoms with E-state index in [0.29, 0.717) is 5.56 Å². The molecule has 0 saturated carbocycles. The number of benzene rings is 2. The molecule has 0 saturated heterocycles. The summed E-state index contributed by atoms with van der Waals surface area (Å²) in [5, 5.41) is 6.06. The van der Waals surface area contributed by atoms with Gasteiger partial charge in [0, 0.05) is 12.2 Å². The molecule has 126 valence electrons. The van der Waals surface area contributed by atoms with Gasteiger partial charge in [-0.2, -0.15) is 0 Å². The molecule has 0 heterocycles. The normalized spacial score (nSPS) is 10.1. The maximum atomic E-state index is 12.4. The van der Waals surface area contributed by atoms with Gasteiger partial charge in [-0.1, -0.05) is 24.3 Å². The molecule has 0 spiro atoms. The van der Waals surface area contributed by atoms with E-state index in [2.05, 4.69) is 15.4 Å². The highest BCUT2D eigenvalue weighted by molar-refractivity contribution is 6.00. The molecule has 2 aromatic rings. The highest BCUT2D eigenvalue weighted by atomic mass is 16.5. The Morgan fingerprint density at radius 1 is 1.00 bits per heavy atom. The second-order valence-electron chi connectivity index (χ2n) is 5.50. The number of amides is 1. The summed E-state index contributed by atoms with van der Waals surface area (Å²) in [5.74, 6) is -0.579. The Balaban J connectivity index is 2.13. The van der Waals surface area contributed by atoms with Crippen LogP contribution < -0.4 is 10.6 Å². The van der Waals surface area contributed by atoms with Gasteiger partial charge in [-0.3, -0.25) is 9.59 Å². The number of carbonyl (C=O) groups is 2. The average Bonchev–Trinajstić information content (AvgIpc) is 2.59. The molecule has 0 radical (unpaired) electrons. The highest BCUT2D eigenvalue weighted by Gasteiger charge is 2.12. The van der Waals surface area contributed by atoms with Crippen molar-refractivity contribution in [1.29, 1.82) is 0 Å². The van der Waals surface area contributed by atoms with Gasteiger partial charge < -0.3 is 15.4 Å². The number of aryl methyl sites for hydroxylation is 1. The second kappa shape index (κ2) is 8.15. The number of nitrogens with one attached hydrogen (secondary N) is 2. The summed E-state index contributed by atoms with van der Waals surface area (Å²) in [7, 11) is 1.33. The first-order valence-electron chi connectivity index (χ1n) is 7.80. The van der Waals surface area contributed by atoms with Crippen molar-refractivity contribution >= 4 is 23.3 Å². The van der Waals surface area contributed by atoms with E-state index >= 15 is 0 Å². The van der Waals surface area contributed by atoms with Gasteiger partial charge in [0.05, 0.1) is 24.8 Å². The third-order valence-corrected chi connectivity index (χ3v) is 3.89. The summed E-state index contributed by atoms with van der Waals surface area (Å²) < 4.78 is 4.56. The molecular formula is C19H22N2O3. The number of esters is 1. The fourth-order valence-corrected chi connectivity index (χ4v) is 2.30. The van der Waals surface area contributed by atoms with Gasteiger partial charge in [0.1, 0.15) is 0 Å². The number of rotatable bonds is 6. The summed E-state index contributed by atoms with van der Waals surface area (Å²) in [6.45, 7) is 4.33. The molecule has 5 heteroatoms. The molecule has 0 atom stereocenters. The lowest BCUT2D eigenvalue weighted by Gasteiger charge is -2.15. The van der Waals surface area contributed by atoms with Crippen LogP contribution in [0.2, 0.25) is 0 Å². The van der Waals surface area contributed by atoms with Crippen molar-refractivity contribution < 1.29 is 14.3 Å². The van der Waals surface area contributed by atoms with Gasteiger partial charge in [-0.15, -0.1) is 0 Å². The number of carbonyl (C=O) groups excluding carboxylic acids is 2. The number of para-hydroxylation sites is 1. The summed E-state index contributed by atoms with van der Waals surface area (Å²) in [4.78, 5) is 23.5. The fourth-order valence-electron chi connectivity index (χ4n) is 2.30. The van der Waals surface area contributed by atoms with Crippen LogP contribution in [0, 0.1) is 13.8 Å². The van der Waals surface area contributed by atoms with Crippen molar-refractivity contribution in [1.82, 2.24) is 5.32 Å². The van der Waals surface area contributed by atoms with Crippen LogP contribution in [0.1, 0.15) is 27.9 Å². The molecule has 24 heavy (non-hydrogen) atoms. The van der Waals surface area contributed by atoms with Gasteiger partial charge in [-0.25, -0.2) is 0 Å². The predicted molar refractivity (Wildman–Crippen MR) is 94.6 cm³/mol. The van der Waals surface area contributed by atoms with Gasteiger partial charge in [0.15, 0.2) is 0 Å². The first-order valence-corrected chi connectivity index (χ1v) is 7.80. The largest absolute Gasteiger partial charge is 0.469 e. The van der Waals surface area contributed by atoms with Crippen molar-refractivity contribution in [2.45, 2.75) is 20.3 Å². The van der Waals surface area contributed by atoms with E-state index in [1.807, 2.05) is 50.2 Å². The molecule has 0 bridgehead atoms. The maximum absolute atomic E-state index is 12.4. The van der Waals surface area contributed by atoms with Crippen molar-refractivity contribution in [2.75, 3.05) is 19.0 Å². The standard InChI is InChI=1S/C19H22N2O3/c1-13-7-6-10-16(14(13)2)21-17-9-5-4-8-15(17)19(23)20-12-11-18(22)24-3/h4-10,21H,11-12H2,1-3H3,(H,20,23). The van der Waals surface area contributed by atoms with Crippen LogP contribution in [0.15, 0.2) is 42.5 Å². The molecule has 2 N–H and O–H groups in total. The van der Waals surface area contributed by atoms with E-state index in [-0.39, 0.29) is 24.8 Å². The van der Waals surface area contributed by atoms with E-state index in [0.717, 1.165) is 16.9 Å². The number of hydrogen-bond acceptors (Lipinski definition) is 4. The minimum absolute atomic E-state index is 0.148. The molecule has 0 aliphatic rings. The molecule has 0 aromatic heterocycles. The third-order valence-electron chi connectivity index (χ3n) is 3.89. The Morgan fingerprint density at radius 2 is 1.71 bits per heavy atom. The molecule has 2 aromatic carbocycles. The minimum atomic E-state index is -0.350. The van der Waals surface area contributed by atoms with Crippen LogP contribution in [0.25, 0.3) is 0 Å². The van der Waals surface area contributed by atoms with Crippen LogP contribution in [-0.2, 0) is 9.53 Å². The quantitative estimate of drug-likeness (QED) is 0.799. The summed E-state index contributed by atoms with van der Waals surface area (Å²) in [5.41, 5.74) is 4.54. The zero-order valence-corrected chi connectivity index (χ0v) is 14.2. The Hall–Kier alpha value is -2.82. The summed E-state index contributed by atoms with van der Waals surface area (Å²) in [6, 6.07) is 13.3. The lowest BCUT2D eigenvalue weighted by Crippen LogP contribution is -2.27. The van der Waals surface area contributed by atoms with E-state index < -0.39 is 0 Å². The lowest BCUT2D eigenvalue weighted by atomic mass is 10.1. The van der Waals surface area contributed by atoms with Crippen molar-refractivity contribution in [3.05, 3.63) is 59.2 Å². The van der Waals surface area contributed by atoms with Crippen LogP contribution in [0.3, 0.4) is 0 Å². The zero-order valence-electron chi connectivity index (χ0n) is 14.2. The molecule has 1 amide bonds. The molecular weight excluding hydrogens is 304 g/mol. The predicted octanol–water partition coefficient (Wildman–Crippen LogP) is 3.34. The smallest absolute Gasteiger partial charge is 0.307 e. The van der Waals surface area contributed by atoms with Crippen LogP contribution in [0.4, 0.5) is 11.4 Å². The Kier molecular flexibility index (Phi) is 5.95. The van der Waals surface area contributed by atoms with Crippen LogP contribution in [0.5, 0.6) is 0 Å². The summed E-state index contributed by atoms with van der Waals surface area (Å²) >= 11 is 0. The molecule has 0 aliphatic heterocycles. The van der Waals surface area contributed by atoms with E-state index in [1.165, 1.54) is 12.7 Å². The van der Waals surface area contributed by atoms with Crippen molar-refractivity contribution in [3.63, 3.8) is 0 Å². The van der Waals surface area contributed by atoms with Gasteiger partial charge in [0.2, 0.25) is 0 Å². The molecule has 2 rings (SSSR count). The zero-order chi connectivity index (χ0) is 17.5. The molecule has 0 fully saturated rings. The third kappa shape index (κ3) is 4.35. The number of ether oxygens (including phenoxy) is 1. The highest BCUT2D eigenvalue weighted by Crippen LogP contribution is 2.25.